The molecule has 1 radical (unpaired) electrons. The molecule has 0 aliphatic carbocycles. The zero-order chi connectivity index (χ0) is 13.9. The molecule has 3 nitrogen and oxygen atoms in total. The molecule has 1 aliphatic rings. The van der Waals surface area contributed by atoms with Crippen molar-refractivity contribution in [3.8, 4) is 0 Å². The Bertz CT molecular complexity index is 615. The van der Waals surface area contributed by atoms with Crippen molar-refractivity contribution in [3.63, 3.8) is 0 Å². The van der Waals surface area contributed by atoms with Crippen LogP contribution in [0.4, 0.5) is 17.1 Å². The minimum absolute atomic E-state index is 0.0541. The van der Waals surface area contributed by atoms with Gasteiger partial charge in [0.25, 0.3) is 0 Å². The lowest BCUT2D eigenvalue weighted by atomic mass is 9.66. The molecule has 1 unspecified atom stereocenters. The Kier molecular flexibility index (Phi) is 3.46. The molecule has 1 atom stereocenters. The Hall–Kier alpha value is -2.23. The molecule has 1 N–H and O–H groups in total. The van der Waals surface area contributed by atoms with Gasteiger partial charge >= 0.3 is 0 Å². The van der Waals surface area contributed by atoms with E-state index in [9.17, 15) is 4.79 Å². The molecule has 1 amide bonds. The van der Waals surface area contributed by atoms with Gasteiger partial charge in [0.05, 0.1) is 11.4 Å². The first-order valence-corrected chi connectivity index (χ1v) is 6.81. The summed E-state index contributed by atoms with van der Waals surface area (Å²) in [6, 6.07) is 18.1. The van der Waals surface area contributed by atoms with Crippen molar-refractivity contribution in [1.82, 2.24) is 0 Å². The number of hydrogen-bond donors (Lipinski definition) is 1. The fraction of sp³-hybridized carbons (Fsp3) is 0.188. The van der Waals surface area contributed by atoms with Crippen LogP contribution >= 0.6 is 0 Å². The van der Waals surface area contributed by atoms with E-state index < -0.39 is 0 Å². The van der Waals surface area contributed by atoms with Crippen LogP contribution in [-0.2, 0) is 4.79 Å². The van der Waals surface area contributed by atoms with Crippen LogP contribution in [0.25, 0.3) is 0 Å². The molecular weight excluding hydrogens is 247 g/mol. The van der Waals surface area contributed by atoms with E-state index in [1.54, 1.807) is 0 Å². The lowest BCUT2D eigenvalue weighted by Crippen LogP contribution is -2.28. The number of carbonyl (C=O) groups is 1. The van der Waals surface area contributed by atoms with E-state index in [4.69, 9.17) is 0 Å². The standard InChI is InChI=1S/C16H16BN2O/c1-17-13-11-19(12-7-3-2-4-8-12)15-10-6-5-9-14(15)18-16(13)20/h2-10,13H,11H2,1H3,(H,18,20). The molecule has 0 saturated heterocycles. The van der Waals surface area contributed by atoms with Gasteiger partial charge in [-0.3, -0.25) is 4.79 Å². The second-order valence-corrected chi connectivity index (χ2v) is 4.89. The van der Waals surface area contributed by atoms with Gasteiger partial charge < -0.3 is 10.2 Å². The summed E-state index contributed by atoms with van der Waals surface area (Å²) in [6.07, 6.45) is 0. The zero-order valence-electron chi connectivity index (χ0n) is 11.4. The smallest absolute Gasteiger partial charge is 0.221 e. The zero-order valence-corrected chi connectivity index (χ0v) is 11.4. The number of fused-ring (bicyclic) bond motifs is 1. The molecule has 99 valence electrons. The Morgan fingerprint density at radius 1 is 1.10 bits per heavy atom. The van der Waals surface area contributed by atoms with Crippen molar-refractivity contribution in [2.75, 3.05) is 16.8 Å². The van der Waals surface area contributed by atoms with E-state index in [1.165, 1.54) is 0 Å². The number of nitrogens with zero attached hydrogens (tertiary/aromatic N) is 1. The predicted molar refractivity (Wildman–Crippen MR) is 83.9 cm³/mol. The Labute approximate surface area is 119 Å². The quantitative estimate of drug-likeness (QED) is 0.843. The van der Waals surface area contributed by atoms with Crippen LogP contribution in [0.1, 0.15) is 0 Å². The molecule has 2 aromatic rings. The van der Waals surface area contributed by atoms with E-state index >= 15 is 0 Å². The summed E-state index contributed by atoms with van der Waals surface area (Å²) in [6.45, 7) is 2.59. The van der Waals surface area contributed by atoms with E-state index in [0.717, 1.165) is 17.1 Å². The third-order valence-corrected chi connectivity index (χ3v) is 3.64. The molecule has 0 saturated carbocycles. The van der Waals surface area contributed by atoms with Gasteiger partial charge in [-0.25, -0.2) is 0 Å². The molecule has 0 spiro atoms. The number of carbonyl (C=O) groups excluding carboxylic acids is 1. The van der Waals surface area contributed by atoms with Gasteiger partial charge in [-0.1, -0.05) is 37.2 Å². The third-order valence-electron chi connectivity index (χ3n) is 3.64. The van der Waals surface area contributed by atoms with E-state index in [1.807, 2.05) is 56.6 Å². The molecule has 1 heterocycles. The highest BCUT2D eigenvalue weighted by atomic mass is 16.1. The molecule has 3 rings (SSSR count). The minimum atomic E-state index is -0.123. The fourth-order valence-corrected chi connectivity index (χ4v) is 2.53. The highest BCUT2D eigenvalue weighted by Gasteiger charge is 2.27. The number of anilines is 3. The number of nitrogens with one attached hydrogen (secondary N) is 1. The van der Waals surface area contributed by atoms with Gasteiger partial charge in [-0.2, -0.15) is 0 Å². The Balaban J connectivity index is 2.09. The van der Waals surface area contributed by atoms with Crippen LogP contribution in [0, 0.1) is 0 Å². The van der Waals surface area contributed by atoms with Crippen LogP contribution in [0.3, 0.4) is 0 Å². The van der Waals surface area contributed by atoms with Gasteiger partial charge in [0.1, 0.15) is 7.28 Å². The number of amides is 1. The van der Waals surface area contributed by atoms with Gasteiger partial charge in [0.15, 0.2) is 0 Å². The lowest BCUT2D eigenvalue weighted by molar-refractivity contribution is -0.115. The molecule has 20 heavy (non-hydrogen) atoms. The van der Waals surface area contributed by atoms with Crippen molar-refractivity contribution in [2.45, 2.75) is 12.6 Å². The van der Waals surface area contributed by atoms with Gasteiger partial charge in [0, 0.05) is 18.0 Å². The summed E-state index contributed by atoms with van der Waals surface area (Å²) in [5, 5.41) is 3.01. The maximum Gasteiger partial charge on any atom is 0.221 e. The fourth-order valence-electron chi connectivity index (χ4n) is 2.53. The first-order chi connectivity index (χ1) is 9.79. The SMILES string of the molecule is C[B]C1CN(c2ccccc2)c2ccccc2NC1=O. The van der Waals surface area contributed by atoms with Crippen LogP contribution in [0.5, 0.6) is 0 Å². The molecule has 2 aromatic carbocycles. The largest absolute Gasteiger partial charge is 0.340 e. The monoisotopic (exact) mass is 263 g/mol. The Morgan fingerprint density at radius 2 is 1.80 bits per heavy atom. The normalized spacial score (nSPS) is 17.9. The summed E-state index contributed by atoms with van der Waals surface area (Å²) in [7, 11) is 1.96. The average molecular weight is 263 g/mol. The van der Waals surface area contributed by atoms with E-state index in [2.05, 4.69) is 22.3 Å². The Morgan fingerprint density at radius 3 is 2.55 bits per heavy atom. The first-order valence-electron chi connectivity index (χ1n) is 6.81. The molecule has 0 bridgehead atoms. The number of hydrogen-bond acceptors (Lipinski definition) is 2. The summed E-state index contributed by atoms with van der Waals surface area (Å²) in [5.74, 6) is -0.0685. The summed E-state index contributed by atoms with van der Waals surface area (Å²) >= 11 is 0. The van der Waals surface area contributed by atoms with Crippen molar-refractivity contribution in [3.05, 3.63) is 54.6 Å². The van der Waals surface area contributed by atoms with E-state index in [-0.39, 0.29) is 11.7 Å². The predicted octanol–water partition coefficient (Wildman–Crippen LogP) is 3.32. The van der Waals surface area contributed by atoms with Crippen molar-refractivity contribution in [1.29, 1.82) is 0 Å². The van der Waals surface area contributed by atoms with Crippen LogP contribution < -0.4 is 10.2 Å². The van der Waals surface area contributed by atoms with Gasteiger partial charge in [-0.05, 0) is 24.3 Å². The van der Waals surface area contributed by atoms with Crippen LogP contribution in [0.15, 0.2) is 54.6 Å². The second kappa shape index (κ2) is 5.41. The molecule has 0 fully saturated rings. The average Bonchev–Trinajstić information content (AvgIpc) is 2.64. The van der Waals surface area contributed by atoms with Gasteiger partial charge in [0.2, 0.25) is 5.91 Å². The van der Waals surface area contributed by atoms with Crippen molar-refractivity contribution in [2.24, 2.45) is 0 Å². The first kappa shape index (κ1) is 12.8. The molecule has 4 heteroatoms. The van der Waals surface area contributed by atoms with E-state index in [0.29, 0.717) is 6.54 Å². The number of para-hydroxylation sites is 3. The highest BCUT2D eigenvalue weighted by molar-refractivity contribution is 6.44. The second-order valence-electron chi connectivity index (χ2n) is 4.89. The third kappa shape index (κ3) is 2.29. The number of rotatable bonds is 2. The maximum absolute atomic E-state index is 12.2. The van der Waals surface area contributed by atoms with Crippen molar-refractivity contribution < 1.29 is 4.79 Å². The lowest BCUT2D eigenvalue weighted by Gasteiger charge is -2.26. The topological polar surface area (TPSA) is 32.3 Å². The summed E-state index contributed by atoms with van der Waals surface area (Å²) in [4.78, 5) is 14.4. The highest BCUT2D eigenvalue weighted by Crippen LogP contribution is 2.36. The van der Waals surface area contributed by atoms with Crippen LogP contribution in [0.2, 0.25) is 12.6 Å². The number of benzene rings is 2. The summed E-state index contributed by atoms with van der Waals surface area (Å²) < 4.78 is 0. The minimum Gasteiger partial charge on any atom is -0.340 e. The molecular formula is C16H16BN2O. The van der Waals surface area contributed by atoms with Crippen LogP contribution in [-0.4, -0.2) is 19.7 Å². The summed E-state index contributed by atoms with van der Waals surface area (Å²) in [5.41, 5.74) is 3.01. The van der Waals surface area contributed by atoms with Crippen molar-refractivity contribution >= 4 is 30.2 Å². The molecule has 0 aromatic heterocycles. The maximum atomic E-state index is 12.2. The van der Waals surface area contributed by atoms with Gasteiger partial charge in [-0.15, -0.1) is 0 Å². The molecule has 1 aliphatic heterocycles.